The fourth-order valence-electron chi connectivity index (χ4n) is 5.77. The summed E-state index contributed by atoms with van der Waals surface area (Å²) in [5, 5.41) is 19.1. The minimum absolute atomic E-state index is 0.249. The minimum Gasteiger partial charge on any atom is -0.396 e. The van der Waals surface area contributed by atoms with E-state index in [9.17, 15) is 10.5 Å². The topological polar surface area (TPSA) is 64.6 Å². The number of amidine groups is 1. The Kier molecular flexibility index (Phi) is 7.85. The number of rotatable bonds is 8. The van der Waals surface area contributed by atoms with E-state index in [0.29, 0.717) is 24.1 Å². The molecule has 0 radical (unpaired) electrons. The molecule has 0 aliphatic heterocycles. The molecular weight excluding hydrogens is 468 g/mol. The van der Waals surface area contributed by atoms with Crippen molar-refractivity contribution >= 4 is 18.4 Å². The first-order chi connectivity index (χ1) is 18.6. The molecule has 5 rings (SSSR count). The Bertz CT molecular complexity index is 1370. The summed E-state index contributed by atoms with van der Waals surface area (Å²) >= 11 is 0. The predicted octanol–water partition coefficient (Wildman–Crippen LogP) is 7.01. The highest BCUT2D eigenvalue weighted by Crippen LogP contribution is 2.44. The Balaban J connectivity index is 1.71. The lowest BCUT2D eigenvalue weighted by atomic mass is 9.85. The van der Waals surface area contributed by atoms with Crippen LogP contribution in [-0.4, -0.2) is 46.8 Å². The Hall–Kier alpha value is -3.96. The number of nitrogens with zero attached hydrogens (tertiary/aromatic N) is 3. The molecule has 0 amide bonds. The minimum atomic E-state index is 0.249. The molecule has 0 spiro atoms. The molecule has 1 aliphatic rings. The van der Waals surface area contributed by atoms with Gasteiger partial charge in [0.05, 0.1) is 11.3 Å². The van der Waals surface area contributed by atoms with E-state index < -0.39 is 0 Å². The molecule has 1 aromatic heterocycles. The van der Waals surface area contributed by atoms with Crippen LogP contribution in [0.2, 0.25) is 0 Å². The Labute approximate surface area is 225 Å². The summed E-state index contributed by atoms with van der Waals surface area (Å²) < 4.78 is 2.22. The van der Waals surface area contributed by atoms with Gasteiger partial charge >= 0.3 is 0 Å². The van der Waals surface area contributed by atoms with Crippen molar-refractivity contribution < 1.29 is 5.11 Å². The number of nitrogens with one attached hydrogen (secondary N) is 1. The lowest BCUT2D eigenvalue weighted by molar-refractivity contribution is 0.156. The van der Waals surface area contributed by atoms with Gasteiger partial charge in [-0.05, 0) is 55.0 Å². The number of benzene rings is 3. The first-order valence-electron chi connectivity index (χ1n) is 13.4. The molecule has 38 heavy (non-hydrogen) atoms. The molecule has 194 valence electrons. The van der Waals surface area contributed by atoms with Crippen molar-refractivity contribution in [3.63, 3.8) is 0 Å². The van der Waals surface area contributed by atoms with Crippen LogP contribution in [0.5, 0.6) is 0 Å². The van der Waals surface area contributed by atoms with Gasteiger partial charge in [-0.3, -0.25) is 5.41 Å². The molecule has 1 fully saturated rings. The van der Waals surface area contributed by atoms with E-state index in [2.05, 4.69) is 81.8 Å². The van der Waals surface area contributed by atoms with Crippen LogP contribution in [0.15, 0.2) is 96.0 Å². The van der Waals surface area contributed by atoms with Crippen LogP contribution in [0.25, 0.3) is 22.4 Å². The molecule has 1 saturated carbocycles. The average molecular weight is 505 g/mol. The van der Waals surface area contributed by atoms with E-state index in [4.69, 9.17) is 0 Å². The van der Waals surface area contributed by atoms with Gasteiger partial charge in [0.25, 0.3) is 0 Å². The van der Waals surface area contributed by atoms with Crippen LogP contribution in [0.1, 0.15) is 36.8 Å². The molecule has 5 heteroatoms. The second-order valence-electron chi connectivity index (χ2n) is 10.2. The number of aromatic nitrogens is 1. The Morgan fingerprint density at radius 3 is 2.00 bits per heavy atom. The lowest BCUT2D eigenvalue weighted by Gasteiger charge is -2.35. The van der Waals surface area contributed by atoms with Crippen molar-refractivity contribution in [2.45, 2.75) is 38.3 Å². The van der Waals surface area contributed by atoms with Crippen LogP contribution in [0.4, 0.5) is 5.82 Å². The first kappa shape index (κ1) is 25.7. The number of hydrogen-bond donors (Lipinski definition) is 2. The van der Waals surface area contributed by atoms with E-state index in [1.54, 1.807) is 0 Å². The van der Waals surface area contributed by atoms with Gasteiger partial charge < -0.3 is 14.6 Å². The Morgan fingerprint density at radius 2 is 1.45 bits per heavy atom. The summed E-state index contributed by atoms with van der Waals surface area (Å²) in [4.78, 5) is 6.70. The monoisotopic (exact) mass is 504 g/mol. The van der Waals surface area contributed by atoms with Gasteiger partial charge in [-0.2, -0.15) is 0 Å². The van der Waals surface area contributed by atoms with E-state index in [-0.39, 0.29) is 12.6 Å². The predicted molar refractivity (Wildman–Crippen MR) is 157 cm³/mol. The van der Waals surface area contributed by atoms with Crippen molar-refractivity contribution in [2.75, 3.05) is 13.7 Å². The first-order valence-corrected chi connectivity index (χ1v) is 13.4. The third-order valence-electron chi connectivity index (χ3n) is 7.89. The average Bonchev–Trinajstić information content (AvgIpc) is 3.31. The van der Waals surface area contributed by atoms with Crippen molar-refractivity contribution in [3.05, 3.63) is 102 Å². The van der Waals surface area contributed by atoms with E-state index in [1.165, 1.54) is 0 Å². The molecule has 1 heterocycles. The van der Waals surface area contributed by atoms with Crippen LogP contribution in [0, 0.1) is 11.3 Å². The highest BCUT2D eigenvalue weighted by Gasteiger charge is 2.32. The van der Waals surface area contributed by atoms with Crippen molar-refractivity contribution in [3.8, 4) is 22.4 Å². The van der Waals surface area contributed by atoms with Crippen LogP contribution in [0.3, 0.4) is 0 Å². The van der Waals surface area contributed by atoms with E-state index >= 15 is 0 Å². The van der Waals surface area contributed by atoms with Gasteiger partial charge in [0.2, 0.25) is 0 Å². The zero-order valence-corrected chi connectivity index (χ0v) is 22.1. The zero-order chi connectivity index (χ0) is 26.5. The van der Waals surface area contributed by atoms with Crippen LogP contribution in [-0.2, 0) is 6.54 Å². The highest BCUT2D eigenvalue weighted by molar-refractivity contribution is 6.10. The third-order valence-corrected chi connectivity index (χ3v) is 7.89. The fraction of sp³-hybridized carbons (Fsp3) is 0.273. The standard InChI is InChI=1S/C33H36N4O/c1-35-33-30(32(34)36(2)28-20-18-25(23-38)19-21-28)29(26-14-8-4-9-15-26)31(27-16-10-5-11-17-27)37(33)22-24-12-6-3-7-13-24/h3-17,25,28,34,38H,1,18-23H2,2H3. The highest BCUT2D eigenvalue weighted by atomic mass is 16.3. The quantitative estimate of drug-likeness (QED) is 0.200. The summed E-state index contributed by atoms with van der Waals surface area (Å²) in [6.07, 6.45) is 3.91. The van der Waals surface area contributed by atoms with Gasteiger partial charge in [0, 0.05) is 31.8 Å². The number of aliphatic hydroxyl groups excluding tert-OH is 1. The third kappa shape index (κ3) is 5.07. The van der Waals surface area contributed by atoms with Gasteiger partial charge in [-0.25, -0.2) is 4.99 Å². The molecule has 1 aliphatic carbocycles. The molecule has 0 saturated heterocycles. The van der Waals surface area contributed by atoms with Crippen LogP contribution >= 0.6 is 0 Å². The molecule has 4 aromatic rings. The SMILES string of the molecule is C=Nc1c(C(=N)N(C)C2CCC(CO)CC2)c(-c2ccccc2)c(-c2ccccc2)n1Cc1ccccc1. The largest absolute Gasteiger partial charge is 0.396 e. The van der Waals surface area contributed by atoms with E-state index in [0.717, 1.165) is 59.2 Å². The number of aliphatic hydroxyl groups is 1. The molecule has 3 aromatic carbocycles. The number of hydrogen-bond acceptors (Lipinski definition) is 3. The maximum atomic E-state index is 9.62. The van der Waals surface area contributed by atoms with Crippen molar-refractivity contribution in [1.82, 2.24) is 9.47 Å². The Morgan fingerprint density at radius 1 is 0.895 bits per heavy atom. The van der Waals surface area contributed by atoms with Gasteiger partial charge in [-0.15, -0.1) is 0 Å². The lowest BCUT2D eigenvalue weighted by Crippen LogP contribution is -2.40. The summed E-state index contributed by atoms with van der Waals surface area (Å²) in [7, 11) is 2.03. The smallest absolute Gasteiger partial charge is 0.144 e. The van der Waals surface area contributed by atoms with Crippen LogP contribution < -0.4 is 0 Å². The summed E-state index contributed by atoms with van der Waals surface area (Å²) in [6.45, 7) is 4.87. The molecule has 0 unspecified atom stereocenters. The van der Waals surface area contributed by atoms with E-state index in [1.807, 2.05) is 37.4 Å². The zero-order valence-electron chi connectivity index (χ0n) is 22.1. The molecular formula is C33H36N4O. The number of aliphatic imine (C=N–C) groups is 1. The normalized spacial score (nSPS) is 17.2. The molecule has 2 N–H and O–H groups in total. The molecule has 5 nitrogen and oxygen atoms in total. The molecule has 0 atom stereocenters. The van der Waals surface area contributed by atoms with Crippen molar-refractivity contribution in [1.29, 1.82) is 5.41 Å². The second kappa shape index (κ2) is 11.6. The van der Waals surface area contributed by atoms with Gasteiger partial charge in [-0.1, -0.05) is 91.0 Å². The second-order valence-corrected chi connectivity index (χ2v) is 10.2. The van der Waals surface area contributed by atoms with Gasteiger partial charge in [0.15, 0.2) is 0 Å². The van der Waals surface area contributed by atoms with Crippen molar-refractivity contribution in [2.24, 2.45) is 10.9 Å². The summed E-state index contributed by atoms with van der Waals surface area (Å²) in [5.41, 5.74) is 6.17. The van der Waals surface area contributed by atoms with Gasteiger partial charge in [0.1, 0.15) is 11.7 Å². The molecule has 0 bridgehead atoms. The maximum Gasteiger partial charge on any atom is 0.144 e. The fourth-order valence-corrected chi connectivity index (χ4v) is 5.77. The summed E-state index contributed by atoms with van der Waals surface area (Å²) in [6, 6.07) is 31.4. The maximum absolute atomic E-state index is 9.62. The summed E-state index contributed by atoms with van der Waals surface area (Å²) in [5.74, 6) is 1.55.